The zero-order chi connectivity index (χ0) is 15.8. The van der Waals surface area contributed by atoms with Crippen LogP contribution in [0.25, 0.3) is 0 Å². The van der Waals surface area contributed by atoms with Gasteiger partial charge in [-0.2, -0.15) is 0 Å². The second-order valence-electron chi connectivity index (χ2n) is 6.28. The molecule has 1 unspecified atom stereocenters. The van der Waals surface area contributed by atoms with Gasteiger partial charge >= 0.3 is 0 Å². The van der Waals surface area contributed by atoms with E-state index in [4.69, 9.17) is 0 Å². The number of nitrogens with zero attached hydrogens (tertiary/aromatic N) is 1. The van der Waals surface area contributed by atoms with Crippen LogP contribution in [0, 0.1) is 0 Å². The SMILES string of the molecule is CC(C)NCCCCCCN1C(=O)CC(SC(C)C)C1=O. The minimum Gasteiger partial charge on any atom is -0.315 e. The van der Waals surface area contributed by atoms with Crippen molar-refractivity contribution in [1.82, 2.24) is 10.2 Å². The lowest BCUT2D eigenvalue weighted by molar-refractivity contribution is -0.138. The van der Waals surface area contributed by atoms with E-state index in [0.717, 1.165) is 32.2 Å². The molecule has 0 bridgehead atoms. The zero-order valence-corrected chi connectivity index (χ0v) is 14.7. The summed E-state index contributed by atoms with van der Waals surface area (Å²) in [5, 5.41) is 3.64. The van der Waals surface area contributed by atoms with Crippen molar-refractivity contribution in [3.8, 4) is 0 Å². The molecule has 21 heavy (non-hydrogen) atoms. The first kappa shape index (κ1) is 18.5. The quantitative estimate of drug-likeness (QED) is 0.497. The monoisotopic (exact) mass is 314 g/mol. The van der Waals surface area contributed by atoms with E-state index in [1.54, 1.807) is 11.8 Å². The zero-order valence-electron chi connectivity index (χ0n) is 13.9. The van der Waals surface area contributed by atoms with Gasteiger partial charge < -0.3 is 5.32 Å². The van der Waals surface area contributed by atoms with Gasteiger partial charge in [-0.1, -0.05) is 40.5 Å². The second kappa shape index (κ2) is 9.46. The first-order chi connectivity index (χ1) is 9.91. The summed E-state index contributed by atoms with van der Waals surface area (Å²) >= 11 is 1.61. The molecule has 0 aromatic rings. The number of amides is 2. The summed E-state index contributed by atoms with van der Waals surface area (Å²) in [5.41, 5.74) is 0. The van der Waals surface area contributed by atoms with Crippen LogP contribution in [0.3, 0.4) is 0 Å². The molecule has 0 aromatic carbocycles. The van der Waals surface area contributed by atoms with E-state index in [1.807, 2.05) is 0 Å². The van der Waals surface area contributed by atoms with Gasteiger partial charge in [0, 0.05) is 19.0 Å². The van der Waals surface area contributed by atoms with Crippen molar-refractivity contribution in [1.29, 1.82) is 0 Å². The van der Waals surface area contributed by atoms with Crippen LogP contribution in [-0.2, 0) is 9.59 Å². The fourth-order valence-electron chi connectivity index (χ4n) is 2.46. The highest BCUT2D eigenvalue weighted by Crippen LogP contribution is 2.28. The molecule has 4 nitrogen and oxygen atoms in total. The van der Waals surface area contributed by atoms with Crippen molar-refractivity contribution in [3.63, 3.8) is 0 Å². The van der Waals surface area contributed by atoms with Crippen LogP contribution in [-0.4, -0.2) is 46.3 Å². The van der Waals surface area contributed by atoms with Crippen molar-refractivity contribution in [2.24, 2.45) is 0 Å². The van der Waals surface area contributed by atoms with Crippen molar-refractivity contribution >= 4 is 23.6 Å². The molecule has 1 fully saturated rings. The number of hydrogen-bond acceptors (Lipinski definition) is 4. The summed E-state index contributed by atoms with van der Waals surface area (Å²) < 4.78 is 0. The predicted molar refractivity (Wildman–Crippen MR) is 89.5 cm³/mol. The second-order valence-corrected chi connectivity index (χ2v) is 8.07. The number of unbranched alkanes of at least 4 members (excludes halogenated alkanes) is 3. The molecule has 5 heteroatoms. The molecule has 122 valence electrons. The third kappa shape index (κ3) is 6.83. The fraction of sp³-hybridized carbons (Fsp3) is 0.875. The van der Waals surface area contributed by atoms with Gasteiger partial charge in [0.25, 0.3) is 0 Å². The van der Waals surface area contributed by atoms with E-state index >= 15 is 0 Å². The number of carbonyl (C=O) groups excluding carboxylic acids is 2. The highest BCUT2D eigenvalue weighted by Gasteiger charge is 2.38. The van der Waals surface area contributed by atoms with Gasteiger partial charge in [-0.25, -0.2) is 0 Å². The number of likely N-dealkylation sites (tertiary alicyclic amines) is 1. The molecule has 0 aliphatic carbocycles. The number of rotatable bonds is 10. The molecule has 2 amide bonds. The lowest BCUT2D eigenvalue weighted by Gasteiger charge is -2.15. The van der Waals surface area contributed by atoms with Gasteiger partial charge in [0.1, 0.15) is 0 Å². The molecule has 1 aliphatic heterocycles. The molecule has 1 rings (SSSR count). The molecule has 1 aliphatic rings. The Bertz CT molecular complexity index is 345. The van der Waals surface area contributed by atoms with Crippen LogP contribution in [0.1, 0.15) is 59.8 Å². The van der Waals surface area contributed by atoms with Crippen LogP contribution in [0.4, 0.5) is 0 Å². The van der Waals surface area contributed by atoms with Crippen LogP contribution < -0.4 is 5.32 Å². The van der Waals surface area contributed by atoms with E-state index in [9.17, 15) is 9.59 Å². The van der Waals surface area contributed by atoms with Gasteiger partial charge in [0.15, 0.2) is 0 Å². The Kier molecular flexibility index (Phi) is 8.34. The Morgan fingerprint density at radius 3 is 2.43 bits per heavy atom. The van der Waals surface area contributed by atoms with Crippen molar-refractivity contribution < 1.29 is 9.59 Å². The Morgan fingerprint density at radius 1 is 1.14 bits per heavy atom. The minimum absolute atomic E-state index is 0.0135. The van der Waals surface area contributed by atoms with Crippen molar-refractivity contribution in [3.05, 3.63) is 0 Å². The van der Waals surface area contributed by atoms with Crippen LogP contribution >= 0.6 is 11.8 Å². The van der Waals surface area contributed by atoms with Gasteiger partial charge in [0.2, 0.25) is 11.8 Å². The van der Waals surface area contributed by atoms with E-state index in [0.29, 0.717) is 24.3 Å². The average molecular weight is 314 g/mol. The van der Waals surface area contributed by atoms with Crippen molar-refractivity contribution in [2.75, 3.05) is 13.1 Å². The number of hydrogen-bond donors (Lipinski definition) is 1. The maximum atomic E-state index is 12.2. The molecular formula is C16H30N2O2S. The van der Waals surface area contributed by atoms with Gasteiger partial charge in [0.05, 0.1) is 5.25 Å². The summed E-state index contributed by atoms with van der Waals surface area (Å²) in [6, 6.07) is 0.542. The molecule has 1 saturated heterocycles. The summed E-state index contributed by atoms with van der Waals surface area (Å²) in [7, 11) is 0. The maximum absolute atomic E-state index is 12.2. The normalized spacial score (nSPS) is 19.3. The molecular weight excluding hydrogens is 284 g/mol. The van der Waals surface area contributed by atoms with E-state index < -0.39 is 0 Å². The molecule has 0 saturated carbocycles. The third-order valence-corrected chi connectivity index (χ3v) is 4.74. The smallest absolute Gasteiger partial charge is 0.242 e. The molecule has 1 N–H and O–H groups in total. The van der Waals surface area contributed by atoms with Crippen LogP contribution in [0.5, 0.6) is 0 Å². The third-order valence-electron chi connectivity index (χ3n) is 3.50. The van der Waals surface area contributed by atoms with Gasteiger partial charge in [-0.3, -0.25) is 14.5 Å². The number of thioether (sulfide) groups is 1. The Labute approximate surface area is 133 Å². The standard InChI is InChI=1S/C16H30N2O2S/c1-12(2)17-9-7-5-6-8-10-18-15(19)11-14(16(18)20)21-13(3)4/h12-14,17H,5-11H2,1-4H3. The number of imide groups is 1. The lowest BCUT2D eigenvalue weighted by Crippen LogP contribution is -2.32. The molecule has 0 aromatic heterocycles. The minimum atomic E-state index is -0.146. The van der Waals surface area contributed by atoms with Crippen LogP contribution in [0.2, 0.25) is 0 Å². The van der Waals surface area contributed by atoms with E-state index in [-0.39, 0.29) is 17.1 Å². The van der Waals surface area contributed by atoms with Gasteiger partial charge in [-0.15, -0.1) is 11.8 Å². The molecule has 0 radical (unpaired) electrons. The van der Waals surface area contributed by atoms with Gasteiger partial charge in [-0.05, 0) is 24.6 Å². The summed E-state index contributed by atoms with van der Waals surface area (Å²) in [5.74, 6) is 0.0415. The average Bonchev–Trinajstić information content (AvgIpc) is 2.63. The predicted octanol–water partition coefficient (Wildman–Crippen LogP) is 2.81. The van der Waals surface area contributed by atoms with E-state index in [2.05, 4.69) is 33.0 Å². The largest absolute Gasteiger partial charge is 0.315 e. The molecule has 1 heterocycles. The molecule has 1 atom stereocenters. The first-order valence-electron chi connectivity index (χ1n) is 8.15. The Hall–Kier alpha value is -0.550. The van der Waals surface area contributed by atoms with Crippen molar-refractivity contribution in [2.45, 2.75) is 76.3 Å². The maximum Gasteiger partial charge on any atom is 0.242 e. The highest BCUT2D eigenvalue weighted by atomic mass is 32.2. The van der Waals surface area contributed by atoms with E-state index in [1.165, 1.54) is 4.90 Å². The number of nitrogens with one attached hydrogen (secondary N) is 1. The summed E-state index contributed by atoms with van der Waals surface area (Å²) in [6.07, 6.45) is 4.71. The Morgan fingerprint density at radius 2 is 1.81 bits per heavy atom. The highest BCUT2D eigenvalue weighted by molar-refractivity contribution is 8.01. The first-order valence-corrected chi connectivity index (χ1v) is 9.09. The van der Waals surface area contributed by atoms with Crippen LogP contribution in [0.15, 0.2) is 0 Å². The summed E-state index contributed by atoms with van der Waals surface area (Å²) in [4.78, 5) is 25.5. The number of carbonyl (C=O) groups is 2. The Balaban J connectivity index is 2.17. The fourth-order valence-corrected chi connectivity index (χ4v) is 3.60. The summed E-state index contributed by atoms with van der Waals surface area (Å²) in [6.45, 7) is 10.1. The lowest BCUT2D eigenvalue weighted by atomic mass is 10.2. The molecule has 0 spiro atoms. The topological polar surface area (TPSA) is 49.4 Å².